The van der Waals surface area contributed by atoms with Gasteiger partial charge in [-0.1, -0.05) is 6.92 Å². The Morgan fingerprint density at radius 1 is 1.47 bits per heavy atom. The second-order valence-electron chi connectivity index (χ2n) is 5.01. The maximum absolute atomic E-state index is 11.7. The highest BCUT2D eigenvalue weighted by Crippen LogP contribution is 2.19. The summed E-state index contributed by atoms with van der Waals surface area (Å²) in [4.78, 5) is 24.6. The van der Waals surface area contributed by atoms with Crippen molar-refractivity contribution in [3.05, 3.63) is 0 Å². The van der Waals surface area contributed by atoms with Crippen molar-refractivity contribution in [1.29, 1.82) is 0 Å². The van der Waals surface area contributed by atoms with Crippen LogP contribution in [-0.4, -0.2) is 29.0 Å². The first-order chi connectivity index (χ1) is 6.81. The number of likely N-dealkylation sites (tertiary alicyclic amines) is 1. The number of carbonyl (C=O) groups is 2. The number of hydrogen-bond donors (Lipinski definition) is 0. The van der Waals surface area contributed by atoms with Gasteiger partial charge in [0.15, 0.2) is 0 Å². The van der Waals surface area contributed by atoms with E-state index >= 15 is 0 Å². The third-order valence-corrected chi connectivity index (χ3v) is 2.32. The zero-order valence-corrected chi connectivity index (χ0v) is 9.87. The van der Waals surface area contributed by atoms with Gasteiger partial charge in [-0.15, -0.1) is 0 Å². The van der Waals surface area contributed by atoms with E-state index in [2.05, 4.69) is 0 Å². The minimum Gasteiger partial charge on any atom is -0.443 e. The number of rotatable bonds is 0. The molecule has 0 aromatic heterocycles. The predicted octanol–water partition coefficient (Wildman–Crippen LogP) is 2.18. The van der Waals surface area contributed by atoms with Gasteiger partial charge in [0.05, 0.1) is 0 Å². The third-order valence-electron chi connectivity index (χ3n) is 2.32. The Bertz CT molecular complexity index is 267. The van der Waals surface area contributed by atoms with Crippen LogP contribution in [0.4, 0.5) is 4.79 Å². The van der Waals surface area contributed by atoms with Crippen molar-refractivity contribution >= 4 is 12.0 Å². The Balaban J connectivity index is 2.63. The molecule has 0 radical (unpaired) electrons. The van der Waals surface area contributed by atoms with E-state index in [0.29, 0.717) is 6.54 Å². The van der Waals surface area contributed by atoms with E-state index in [1.807, 2.05) is 6.92 Å². The van der Waals surface area contributed by atoms with Gasteiger partial charge in [-0.25, -0.2) is 9.69 Å². The topological polar surface area (TPSA) is 46.6 Å². The molecule has 1 aliphatic heterocycles. The van der Waals surface area contributed by atoms with Gasteiger partial charge in [0.2, 0.25) is 5.91 Å². The Morgan fingerprint density at radius 3 is 2.60 bits per heavy atom. The van der Waals surface area contributed by atoms with Crippen molar-refractivity contribution in [3.8, 4) is 0 Å². The molecule has 0 N–H and O–H groups in total. The summed E-state index contributed by atoms with van der Waals surface area (Å²) in [5, 5.41) is 0. The molecule has 86 valence electrons. The van der Waals surface area contributed by atoms with E-state index in [0.717, 1.165) is 12.8 Å². The number of hydrogen-bond acceptors (Lipinski definition) is 3. The lowest BCUT2D eigenvalue weighted by Crippen LogP contribution is -2.46. The smallest absolute Gasteiger partial charge is 0.417 e. The van der Waals surface area contributed by atoms with Gasteiger partial charge in [-0.05, 0) is 33.6 Å². The largest absolute Gasteiger partial charge is 0.443 e. The van der Waals surface area contributed by atoms with Crippen molar-refractivity contribution in [2.75, 3.05) is 6.54 Å². The van der Waals surface area contributed by atoms with Gasteiger partial charge < -0.3 is 4.74 Å². The van der Waals surface area contributed by atoms with Crippen LogP contribution in [0.3, 0.4) is 0 Å². The molecule has 1 rings (SSSR count). The minimum atomic E-state index is -0.544. The van der Waals surface area contributed by atoms with Gasteiger partial charge in [-0.3, -0.25) is 4.79 Å². The van der Waals surface area contributed by atoms with Crippen molar-refractivity contribution in [2.45, 2.75) is 46.1 Å². The van der Waals surface area contributed by atoms with E-state index in [4.69, 9.17) is 4.74 Å². The molecule has 1 aliphatic rings. The molecular formula is C11H19NO3. The molecule has 0 saturated carbocycles. The summed E-state index contributed by atoms with van der Waals surface area (Å²) < 4.78 is 5.16. The lowest BCUT2D eigenvalue weighted by atomic mass is 10.00. The predicted molar refractivity (Wildman–Crippen MR) is 56.3 cm³/mol. The molecule has 15 heavy (non-hydrogen) atoms. The van der Waals surface area contributed by atoms with Crippen molar-refractivity contribution < 1.29 is 14.3 Å². The second-order valence-corrected chi connectivity index (χ2v) is 5.01. The molecule has 0 aliphatic carbocycles. The molecule has 1 saturated heterocycles. The first kappa shape index (κ1) is 12.0. The Kier molecular flexibility index (Phi) is 3.37. The SMILES string of the molecule is C[C@H]1CCCN(C(=O)OC(C)(C)C)C1=O. The molecule has 2 amide bonds. The summed E-state index contributed by atoms with van der Waals surface area (Å²) in [5.41, 5.74) is -0.544. The van der Waals surface area contributed by atoms with Crippen LogP contribution in [0, 0.1) is 5.92 Å². The maximum atomic E-state index is 11.7. The first-order valence-electron chi connectivity index (χ1n) is 5.35. The fourth-order valence-electron chi connectivity index (χ4n) is 1.55. The summed E-state index contributed by atoms with van der Waals surface area (Å²) in [6, 6.07) is 0. The quantitative estimate of drug-likeness (QED) is 0.619. The molecule has 4 nitrogen and oxygen atoms in total. The van der Waals surface area contributed by atoms with E-state index in [-0.39, 0.29) is 11.8 Å². The summed E-state index contributed by atoms with van der Waals surface area (Å²) in [6.45, 7) is 7.71. The third kappa shape index (κ3) is 3.22. The van der Waals surface area contributed by atoms with Crippen LogP contribution in [0.2, 0.25) is 0 Å². The van der Waals surface area contributed by atoms with Gasteiger partial charge in [0.1, 0.15) is 5.60 Å². The molecular weight excluding hydrogens is 194 g/mol. The number of piperidine rings is 1. The van der Waals surface area contributed by atoms with Crippen LogP contribution in [-0.2, 0) is 9.53 Å². The highest BCUT2D eigenvalue weighted by molar-refractivity contribution is 5.93. The minimum absolute atomic E-state index is 0.0636. The van der Waals surface area contributed by atoms with Crippen LogP contribution in [0.5, 0.6) is 0 Å². The normalized spacial score (nSPS) is 22.8. The van der Waals surface area contributed by atoms with E-state index in [1.165, 1.54) is 4.90 Å². The number of carbonyl (C=O) groups excluding carboxylic acids is 2. The van der Waals surface area contributed by atoms with Crippen LogP contribution in [0.15, 0.2) is 0 Å². The standard InChI is InChI=1S/C11H19NO3/c1-8-6-5-7-12(9(8)13)10(14)15-11(2,3)4/h8H,5-7H2,1-4H3/t8-/m0/s1. The first-order valence-corrected chi connectivity index (χ1v) is 5.35. The fraction of sp³-hybridized carbons (Fsp3) is 0.818. The summed E-state index contributed by atoms with van der Waals surface area (Å²) in [7, 11) is 0. The number of nitrogens with zero attached hydrogens (tertiary/aromatic N) is 1. The number of amides is 2. The summed E-state index contributed by atoms with van der Waals surface area (Å²) >= 11 is 0. The lowest BCUT2D eigenvalue weighted by Gasteiger charge is -2.31. The van der Waals surface area contributed by atoms with Gasteiger partial charge >= 0.3 is 6.09 Å². The van der Waals surface area contributed by atoms with E-state index < -0.39 is 11.7 Å². The number of imide groups is 1. The van der Waals surface area contributed by atoms with Crippen LogP contribution >= 0.6 is 0 Å². The number of ether oxygens (including phenoxy) is 1. The highest BCUT2D eigenvalue weighted by atomic mass is 16.6. The molecule has 1 fully saturated rings. The average molecular weight is 213 g/mol. The zero-order chi connectivity index (χ0) is 11.6. The fourth-order valence-corrected chi connectivity index (χ4v) is 1.55. The van der Waals surface area contributed by atoms with Crippen molar-refractivity contribution in [1.82, 2.24) is 4.90 Å². The molecule has 0 bridgehead atoms. The summed E-state index contributed by atoms with van der Waals surface area (Å²) in [6.07, 6.45) is 1.21. The Morgan fingerprint density at radius 2 is 2.07 bits per heavy atom. The van der Waals surface area contributed by atoms with Crippen molar-refractivity contribution in [3.63, 3.8) is 0 Å². The van der Waals surface area contributed by atoms with E-state index in [9.17, 15) is 9.59 Å². The molecule has 4 heteroatoms. The van der Waals surface area contributed by atoms with Crippen LogP contribution in [0.1, 0.15) is 40.5 Å². The Labute approximate surface area is 90.6 Å². The van der Waals surface area contributed by atoms with Crippen molar-refractivity contribution in [2.24, 2.45) is 5.92 Å². The molecule has 0 aromatic carbocycles. The molecule has 0 unspecified atom stereocenters. The zero-order valence-electron chi connectivity index (χ0n) is 9.87. The molecule has 0 spiro atoms. The van der Waals surface area contributed by atoms with Gasteiger partial charge in [0, 0.05) is 12.5 Å². The average Bonchev–Trinajstić information content (AvgIpc) is 2.06. The molecule has 0 aromatic rings. The van der Waals surface area contributed by atoms with Gasteiger partial charge in [0.25, 0.3) is 0 Å². The highest BCUT2D eigenvalue weighted by Gasteiger charge is 2.32. The maximum Gasteiger partial charge on any atom is 0.417 e. The van der Waals surface area contributed by atoms with Crippen LogP contribution < -0.4 is 0 Å². The monoisotopic (exact) mass is 213 g/mol. The second kappa shape index (κ2) is 4.21. The molecule has 1 heterocycles. The van der Waals surface area contributed by atoms with E-state index in [1.54, 1.807) is 20.8 Å². The van der Waals surface area contributed by atoms with Crippen LogP contribution in [0.25, 0.3) is 0 Å². The van der Waals surface area contributed by atoms with Gasteiger partial charge in [-0.2, -0.15) is 0 Å². The lowest BCUT2D eigenvalue weighted by molar-refractivity contribution is -0.136. The summed E-state index contributed by atoms with van der Waals surface area (Å²) in [5.74, 6) is -0.179. The molecule has 1 atom stereocenters. The Hall–Kier alpha value is -1.06.